The number of hydrogen-bond donors (Lipinski definition) is 4. The normalized spacial score (nSPS) is 44.0. The Morgan fingerprint density at radius 3 is 2.33 bits per heavy atom. The molecule has 0 bridgehead atoms. The first kappa shape index (κ1) is 13.3. The predicted octanol–water partition coefficient (Wildman–Crippen LogP) is -1.46. The average molecular weight is 287 g/mol. The Hall–Kier alpha value is 0.240. The lowest BCUT2D eigenvalue weighted by Gasteiger charge is -2.39. The van der Waals surface area contributed by atoms with Gasteiger partial charge >= 0.3 is 0 Å². The third-order valence-corrected chi connectivity index (χ3v) is 2.39. The molecule has 6 nitrogen and oxygen atoms in total. The third kappa shape index (κ3) is 3.10. The summed E-state index contributed by atoms with van der Waals surface area (Å²) in [7, 11) is 0. The van der Waals surface area contributed by atoms with E-state index in [9.17, 15) is 15.3 Å². The fourth-order valence-electron chi connectivity index (χ4n) is 1.36. The summed E-state index contributed by atoms with van der Waals surface area (Å²) in [6.45, 7) is 1.21. The molecule has 0 amide bonds. The van der Waals surface area contributed by atoms with E-state index in [1.54, 1.807) is 6.92 Å². The van der Waals surface area contributed by atoms with Gasteiger partial charge in [-0.1, -0.05) is 15.9 Å². The van der Waals surface area contributed by atoms with Gasteiger partial charge < -0.3 is 29.9 Å². The fourth-order valence-corrected chi connectivity index (χ4v) is 1.58. The highest BCUT2D eigenvalue weighted by atomic mass is 79.9. The van der Waals surface area contributed by atoms with Gasteiger partial charge in [0.2, 0.25) is 0 Å². The quantitative estimate of drug-likeness (QED) is 0.474. The Bertz CT molecular complexity index is 200. The van der Waals surface area contributed by atoms with Gasteiger partial charge in [-0.2, -0.15) is 0 Å². The minimum Gasteiger partial charge on any atom is -0.394 e. The van der Waals surface area contributed by atoms with E-state index in [1.165, 1.54) is 0 Å². The number of ether oxygens (including phenoxy) is 2. The first-order chi connectivity index (χ1) is 6.97. The summed E-state index contributed by atoms with van der Waals surface area (Å²) < 4.78 is 10.2. The lowest BCUT2D eigenvalue weighted by Crippen LogP contribution is -2.59. The summed E-state index contributed by atoms with van der Waals surface area (Å²) >= 11 is 3.09. The molecule has 15 heavy (non-hydrogen) atoms. The maximum atomic E-state index is 9.51. The van der Waals surface area contributed by atoms with Crippen molar-refractivity contribution in [3.8, 4) is 0 Å². The van der Waals surface area contributed by atoms with Crippen molar-refractivity contribution < 1.29 is 29.9 Å². The molecule has 1 heterocycles. The third-order valence-electron chi connectivity index (χ3n) is 2.17. The molecule has 1 saturated heterocycles. The number of alkyl halides is 1. The Morgan fingerprint density at radius 2 is 1.87 bits per heavy atom. The van der Waals surface area contributed by atoms with E-state index in [4.69, 9.17) is 14.6 Å². The smallest absolute Gasteiger partial charge is 0.188 e. The highest BCUT2D eigenvalue weighted by molar-refractivity contribution is 9.09. The standard InChI is InChI=1S/C8H15BrO6/c1-3(9)14-8-7(13)6(12)5(11)4(2-10)15-8/h3-8,10-13H,2H2,1H3/t3?,4-,5-,6+,7-,8?/m1/s1. The molecule has 7 heteroatoms. The van der Waals surface area contributed by atoms with Gasteiger partial charge in [0.1, 0.15) is 29.4 Å². The maximum Gasteiger partial charge on any atom is 0.188 e. The molecule has 0 spiro atoms. The van der Waals surface area contributed by atoms with Crippen LogP contribution in [0.5, 0.6) is 0 Å². The second kappa shape index (κ2) is 5.53. The van der Waals surface area contributed by atoms with Gasteiger partial charge in [-0.05, 0) is 6.92 Å². The number of hydrogen-bond acceptors (Lipinski definition) is 6. The molecule has 0 aliphatic carbocycles. The van der Waals surface area contributed by atoms with Gasteiger partial charge in [-0.3, -0.25) is 0 Å². The van der Waals surface area contributed by atoms with Crippen LogP contribution >= 0.6 is 15.9 Å². The lowest BCUT2D eigenvalue weighted by atomic mass is 9.99. The number of aliphatic hydroxyl groups is 4. The summed E-state index contributed by atoms with van der Waals surface area (Å²) in [5, 5.41) is 36.8. The molecule has 1 rings (SSSR count). The van der Waals surface area contributed by atoms with Crippen molar-refractivity contribution in [2.75, 3.05) is 6.61 Å². The Balaban J connectivity index is 2.65. The molecule has 1 aliphatic rings. The van der Waals surface area contributed by atoms with E-state index in [0.717, 1.165) is 0 Å². The molecule has 90 valence electrons. The van der Waals surface area contributed by atoms with Gasteiger partial charge in [0.25, 0.3) is 0 Å². The minimum absolute atomic E-state index is 0.376. The minimum atomic E-state index is -1.40. The molecule has 0 saturated carbocycles. The van der Waals surface area contributed by atoms with Crippen LogP contribution in [-0.4, -0.2) is 62.8 Å². The Morgan fingerprint density at radius 1 is 1.27 bits per heavy atom. The molecule has 0 aromatic carbocycles. The van der Waals surface area contributed by atoms with E-state index in [2.05, 4.69) is 15.9 Å². The summed E-state index contributed by atoms with van der Waals surface area (Å²) in [5.41, 5.74) is 0. The van der Waals surface area contributed by atoms with Crippen LogP contribution < -0.4 is 0 Å². The van der Waals surface area contributed by atoms with Gasteiger partial charge in [-0.15, -0.1) is 0 Å². The zero-order chi connectivity index (χ0) is 11.6. The first-order valence-electron chi connectivity index (χ1n) is 4.57. The summed E-state index contributed by atoms with van der Waals surface area (Å²) in [4.78, 5) is 0. The largest absolute Gasteiger partial charge is 0.394 e. The number of halogens is 1. The summed E-state index contributed by atoms with van der Waals surface area (Å²) in [5.74, 6) is 0. The molecule has 0 aromatic rings. The lowest BCUT2D eigenvalue weighted by molar-refractivity contribution is -0.302. The van der Waals surface area contributed by atoms with Crippen LogP contribution in [0.2, 0.25) is 0 Å². The van der Waals surface area contributed by atoms with Crippen molar-refractivity contribution >= 4 is 15.9 Å². The Kier molecular flexibility index (Phi) is 4.91. The zero-order valence-corrected chi connectivity index (χ0v) is 9.74. The van der Waals surface area contributed by atoms with Gasteiger partial charge in [0.05, 0.1) is 6.61 Å². The van der Waals surface area contributed by atoms with E-state index in [0.29, 0.717) is 0 Å². The average Bonchev–Trinajstić information content (AvgIpc) is 2.18. The summed E-state index contributed by atoms with van der Waals surface area (Å²) in [6, 6.07) is 0. The molecular formula is C8H15BrO6. The second-order valence-electron chi connectivity index (χ2n) is 3.38. The monoisotopic (exact) mass is 286 g/mol. The van der Waals surface area contributed by atoms with E-state index in [1.807, 2.05) is 0 Å². The predicted molar refractivity (Wildman–Crippen MR) is 53.2 cm³/mol. The van der Waals surface area contributed by atoms with Gasteiger partial charge in [0.15, 0.2) is 6.29 Å². The molecule has 1 aliphatic heterocycles. The van der Waals surface area contributed by atoms with Crippen molar-refractivity contribution in [3.05, 3.63) is 0 Å². The second-order valence-corrected chi connectivity index (χ2v) is 4.67. The molecule has 0 radical (unpaired) electrons. The first-order valence-corrected chi connectivity index (χ1v) is 5.49. The molecule has 6 atom stereocenters. The molecule has 1 fully saturated rings. The van der Waals surface area contributed by atoms with E-state index in [-0.39, 0.29) is 5.01 Å². The van der Waals surface area contributed by atoms with Crippen LogP contribution in [0.1, 0.15) is 6.92 Å². The molecule has 4 N–H and O–H groups in total. The summed E-state index contributed by atoms with van der Waals surface area (Å²) in [6.07, 6.45) is -6.10. The van der Waals surface area contributed by atoms with E-state index < -0.39 is 37.3 Å². The van der Waals surface area contributed by atoms with Crippen LogP contribution in [0.15, 0.2) is 0 Å². The van der Waals surface area contributed by atoms with Crippen molar-refractivity contribution in [1.82, 2.24) is 0 Å². The van der Waals surface area contributed by atoms with Crippen LogP contribution in [0.25, 0.3) is 0 Å². The van der Waals surface area contributed by atoms with Crippen molar-refractivity contribution in [2.24, 2.45) is 0 Å². The van der Waals surface area contributed by atoms with Crippen molar-refractivity contribution in [3.63, 3.8) is 0 Å². The van der Waals surface area contributed by atoms with Crippen LogP contribution in [-0.2, 0) is 9.47 Å². The van der Waals surface area contributed by atoms with Gasteiger partial charge in [0, 0.05) is 0 Å². The van der Waals surface area contributed by atoms with Gasteiger partial charge in [-0.25, -0.2) is 0 Å². The van der Waals surface area contributed by atoms with E-state index >= 15 is 0 Å². The van der Waals surface area contributed by atoms with Crippen LogP contribution in [0.4, 0.5) is 0 Å². The molecule has 2 unspecified atom stereocenters. The highest BCUT2D eigenvalue weighted by Crippen LogP contribution is 2.23. The highest BCUT2D eigenvalue weighted by Gasteiger charge is 2.44. The van der Waals surface area contributed by atoms with Crippen LogP contribution in [0.3, 0.4) is 0 Å². The molecule has 0 aromatic heterocycles. The topological polar surface area (TPSA) is 99.4 Å². The number of rotatable bonds is 3. The Labute approximate surface area is 95.6 Å². The number of aliphatic hydroxyl groups excluding tert-OH is 4. The van der Waals surface area contributed by atoms with Crippen molar-refractivity contribution in [1.29, 1.82) is 0 Å². The zero-order valence-electron chi connectivity index (χ0n) is 8.15. The SMILES string of the molecule is CC(Br)OC1O[C@H](CO)[C@@H](O)[C@H](O)[C@H]1O. The van der Waals surface area contributed by atoms with Crippen molar-refractivity contribution in [2.45, 2.75) is 42.6 Å². The van der Waals surface area contributed by atoms with Crippen LogP contribution in [0, 0.1) is 0 Å². The maximum absolute atomic E-state index is 9.51. The molecular weight excluding hydrogens is 272 g/mol. The fraction of sp³-hybridized carbons (Fsp3) is 1.00.